The number of amides is 2. The van der Waals surface area contributed by atoms with Gasteiger partial charge in [-0.15, -0.1) is 0 Å². The van der Waals surface area contributed by atoms with Crippen molar-refractivity contribution in [1.29, 1.82) is 0 Å². The van der Waals surface area contributed by atoms with Crippen molar-refractivity contribution in [3.8, 4) is 17.2 Å². The van der Waals surface area contributed by atoms with Crippen LogP contribution in [0.5, 0.6) is 17.2 Å². The maximum atomic E-state index is 13.2. The van der Waals surface area contributed by atoms with Crippen molar-refractivity contribution in [1.82, 2.24) is 4.90 Å². The van der Waals surface area contributed by atoms with Crippen LogP contribution in [-0.4, -0.2) is 28.9 Å². The molecule has 0 aromatic heterocycles. The predicted octanol–water partition coefficient (Wildman–Crippen LogP) is 6.25. The Kier molecular flexibility index (Phi) is 5.68. The highest BCUT2D eigenvalue weighted by molar-refractivity contribution is 8.18. The van der Waals surface area contributed by atoms with Gasteiger partial charge < -0.3 is 14.2 Å². The number of nitrogens with zero attached hydrogens (tertiary/aromatic N) is 1. The zero-order valence-corrected chi connectivity index (χ0v) is 19.5. The lowest BCUT2D eigenvalue weighted by Gasteiger charge is -2.15. The zero-order valence-electron chi connectivity index (χ0n) is 18.0. The number of imide groups is 1. The first-order chi connectivity index (χ1) is 15.9. The lowest BCUT2D eigenvalue weighted by Crippen LogP contribution is -2.27. The van der Waals surface area contributed by atoms with Gasteiger partial charge in [0, 0.05) is 16.7 Å². The van der Waals surface area contributed by atoms with Crippen molar-refractivity contribution in [2.45, 2.75) is 26.5 Å². The quantitative estimate of drug-likeness (QED) is 0.401. The Labute approximate surface area is 200 Å². The summed E-state index contributed by atoms with van der Waals surface area (Å²) in [5, 5.41) is 2.02. The van der Waals surface area contributed by atoms with Gasteiger partial charge in [-0.3, -0.25) is 14.5 Å². The Balaban J connectivity index is 1.50. The molecule has 2 amide bonds. The van der Waals surface area contributed by atoms with E-state index < -0.39 is 0 Å². The third-order valence-electron chi connectivity index (χ3n) is 5.31. The summed E-state index contributed by atoms with van der Waals surface area (Å²) in [6, 6.07) is 15.1. The van der Waals surface area contributed by atoms with E-state index in [1.54, 1.807) is 18.2 Å². The number of benzene rings is 3. The molecule has 0 aliphatic carbocycles. The molecule has 168 valence electrons. The number of rotatable bonds is 5. The van der Waals surface area contributed by atoms with Gasteiger partial charge in [-0.25, -0.2) is 0 Å². The predicted molar refractivity (Wildman–Crippen MR) is 129 cm³/mol. The summed E-state index contributed by atoms with van der Waals surface area (Å²) in [5.74, 6) is 1.38. The molecule has 2 heterocycles. The molecule has 0 radical (unpaired) electrons. The molecule has 8 heteroatoms. The summed E-state index contributed by atoms with van der Waals surface area (Å²) in [6.45, 7) is 4.05. The molecule has 1 saturated heterocycles. The molecule has 2 aliphatic rings. The van der Waals surface area contributed by atoms with E-state index in [0.717, 1.165) is 28.1 Å². The molecule has 3 aromatic carbocycles. The third kappa shape index (κ3) is 4.14. The van der Waals surface area contributed by atoms with Gasteiger partial charge in [0.2, 0.25) is 6.79 Å². The number of fused-ring (bicyclic) bond motifs is 2. The third-order valence-corrected chi connectivity index (χ3v) is 6.57. The molecular formula is C25H20ClNO5S. The summed E-state index contributed by atoms with van der Waals surface area (Å²) in [5.41, 5.74) is 1.38. The molecule has 1 fully saturated rings. The highest BCUT2D eigenvalue weighted by atomic mass is 35.5. The fraction of sp³-hybridized carbons (Fsp3) is 0.200. The number of hydrogen-bond acceptors (Lipinski definition) is 6. The number of carbonyl (C=O) groups excluding carboxylic acids is 2. The fourth-order valence-corrected chi connectivity index (χ4v) is 4.83. The monoisotopic (exact) mass is 481 g/mol. The lowest BCUT2D eigenvalue weighted by atomic mass is 10.0. The average molecular weight is 482 g/mol. The highest BCUT2D eigenvalue weighted by Gasteiger charge is 2.36. The molecule has 6 nitrogen and oxygen atoms in total. The Morgan fingerprint density at radius 1 is 1.12 bits per heavy atom. The van der Waals surface area contributed by atoms with Crippen LogP contribution < -0.4 is 14.2 Å². The van der Waals surface area contributed by atoms with Gasteiger partial charge in [0.25, 0.3) is 11.1 Å². The first-order valence-electron chi connectivity index (χ1n) is 10.4. The maximum Gasteiger partial charge on any atom is 0.293 e. The number of hydrogen-bond donors (Lipinski definition) is 0. The SMILES string of the molecule is CC(C)Oc1ccc2ccccc2c1/C=C1/SC(=O)N(Cc2cc3c(cc2Cl)OCO3)C1=O. The van der Waals surface area contributed by atoms with Crippen LogP contribution in [-0.2, 0) is 11.3 Å². The molecule has 0 spiro atoms. The van der Waals surface area contributed by atoms with Gasteiger partial charge in [0.15, 0.2) is 11.5 Å². The van der Waals surface area contributed by atoms with E-state index >= 15 is 0 Å². The van der Waals surface area contributed by atoms with Crippen LogP contribution in [0.25, 0.3) is 16.8 Å². The minimum atomic E-state index is -0.373. The van der Waals surface area contributed by atoms with Gasteiger partial charge >= 0.3 is 0 Å². The van der Waals surface area contributed by atoms with Crippen molar-refractivity contribution < 1.29 is 23.8 Å². The summed E-state index contributed by atoms with van der Waals surface area (Å²) in [4.78, 5) is 27.5. The van der Waals surface area contributed by atoms with Gasteiger partial charge in [-0.1, -0.05) is 41.9 Å². The van der Waals surface area contributed by atoms with Crippen LogP contribution >= 0.6 is 23.4 Å². The Morgan fingerprint density at radius 2 is 1.88 bits per heavy atom. The average Bonchev–Trinajstić information content (AvgIpc) is 3.34. The molecule has 2 aliphatic heterocycles. The van der Waals surface area contributed by atoms with Crippen molar-refractivity contribution >= 4 is 51.4 Å². The first-order valence-corrected chi connectivity index (χ1v) is 11.6. The second-order valence-electron chi connectivity index (χ2n) is 7.93. The molecule has 0 atom stereocenters. The van der Waals surface area contributed by atoms with Crippen molar-refractivity contribution in [2.75, 3.05) is 6.79 Å². The fourth-order valence-electron chi connectivity index (χ4n) is 3.80. The second kappa shape index (κ2) is 8.65. The molecular weight excluding hydrogens is 462 g/mol. The van der Waals surface area contributed by atoms with E-state index in [1.807, 2.05) is 50.2 Å². The minimum Gasteiger partial charge on any atom is -0.490 e. The smallest absolute Gasteiger partial charge is 0.293 e. The molecule has 0 unspecified atom stereocenters. The standard InChI is InChI=1S/C25H20ClNO5S/c1-14(2)32-20-8-7-15-5-3-4-6-17(15)18(20)10-23-24(28)27(25(29)33-23)12-16-9-21-22(11-19(16)26)31-13-30-21/h3-11,14H,12-13H2,1-2H3/b23-10+. The van der Waals surface area contributed by atoms with E-state index in [4.69, 9.17) is 25.8 Å². The first kappa shape index (κ1) is 21.7. The topological polar surface area (TPSA) is 65.1 Å². The molecule has 0 saturated carbocycles. The Morgan fingerprint density at radius 3 is 2.67 bits per heavy atom. The maximum absolute atomic E-state index is 13.2. The second-order valence-corrected chi connectivity index (χ2v) is 9.33. The molecule has 0 bridgehead atoms. The van der Waals surface area contributed by atoms with Gasteiger partial charge in [0.1, 0.15) is 5.75 Å². The molecule has 3 aromatic rings. The highest BCUT2D eigenvalue weighted by Crippen LogP contribution is 2.40. The summed E-state index contributed by atoms with van der Waals surface area (Å²) >= 11 is 7.27. The zero-order chi connectivity index (χ0) is 23.1. The van der Waals surface area contributed by atoms with Crippen LogP contribution in [0.2, 0.25) is 5.02 Å². The van der Waals surface area contributed by atoms with Crippen LogP contribution in [0.4, 0.5) is 4.79 Å². The molecule has 33 heavy (non-hydrogen) atoms. The van der Waals surface area contributed by atoms with E-state index in [1.165, 1.54) is 4.90 Å². The van der Waals surface area contributed by atoms with Gasteiger partial charge in [0.05, 0.1) is 17.6 Å². The van der Waals surface area contributed by atoms with Crippen LogP contribution in [0.15, 0.2) is 53.4 Å². The minimum absolute atomic E-state index is 0.0403. The van der Waals surface area contributed by atoms with Gasteiger partial charge in [-0.2, -0.15) is 0 Å². The van der Waals surface area contributed by atoms with Crippen LogP contribution in [0, 0.1) is 0 Å². The molecule has 5 rings (SSSR count). The molecule has 0 N–H and O–H groups in total. The van der Waals surface area contributed by atoms with Crippen LogP contribution in [0.3, 0.4) is 0 Å². The number of halogens is 1. The van der Waals surface area contributed by atoms with E-state index in [9.17, 15) is 9.59 Å². The Hall–Kier alpha value is -3.16. The number of thioether (sulfide) groups is 1. The largest absolute Gasteiger partial charge is 0.490 e. The lowest BCUT2D eigenvalue weighted by molar-refractivity contribution is -0.123. The van der Waals surface area contributed by atoms with E-state index in [-0.39, 0.29) is 30.6 Å². The number of ether oxygens (including phenoxy) is 3. The van der Waals surface area contributed by atoms with E-state index in [0.29, 0.717) is 32.7 Å². The van der Waals surface area contributed by atoms with Crippen LogP contribution in [0.1, 0.15) is 25.0 Å². The van der Waals surface area contributed by atoms with E-state index in [2.05, 4.69) is 0 Å². The van der Waals surface area contributed by atoms with Crippen molar-refractivity contribution in [3.05, 3.63) is 69.6 Å². The normalized spacial score (nSPS) is 16.5. The summed E-state index contributed by atoms with van der Waals surface area (Å²) < 4.78 is 16.7. The summed E-state index contributed by atoms with van der Waals surface area (Å²) in [6.07, 6.45) is 1.70. The number of carbonyl (C=O) groups is 2. The Bertz CT molecular complexity index is 1320. The van der Waals surface area contributed by atoms with Crippen molar-refractivity contribution in [3.63, 3.8) is 0 Å². The van der Waals surface area contributed by atoms with Crippen molar-refractivity contribution in [2.24, 2.45) is 0 Å². The van der Waals surface area contributed by atoms with Gasteiger partial charge in [-0.05, 0) is 60.2 Å². The summed E-state index contributed by atoms with van der Waals surface area (Å²) in [7, 11) is 0.